The van der Waals surface area contributed by atoms with Gasteiger partial charge in [-0.1, -0.05) is 36.4 Å². The van der Waals surface area contributed by atoms with Gasteiger partial charge in [-0.15, -0.1) is 11.3 Å². The normalized spacial score (nSPS) is 17.7. The van der Waals surface area contributed by atoms with E-state index in [1.807, 2.05) is 40.6 Å². The minimum absolute atomic E-state index is 0.0381. The Labute approximate surface area is 147 Å². The molecule has 1 aromatic carbocycles. The highest BCUT2D eigenvalue weighted by Gasteiger charge is 2.23. The predicted molar refractivity (Wildman–Crippen MR) is 96.9 cm³/mol. The Morgan fingerprint density at radius 3 is 2.92 bits per heavy atom. The van der Waals surface area contributed by atoms with Crippen LogP contribution in [0.3, 0.4) is 0 Å². The topological polar surface area (TPSA) is 41.6 Å². The van der Waals surface area contributed by atoms with Crippen LogP contribution in [0.1, 0.15) is 23.3 Å². The molecule has 0 aliphatic carbocycles. The largest absolute Gasteiger partial charge is 0.376 e. The van der Waals surface area contributed by atoms with Crippen LogP contribution in [0.15, 0.2) is 47.8 Å². The summed E-state index contributed by atoms with van der Waals surface area (Å²) in [5.74, 6) is 0.426. The lowest BCUT2D eigenvalue weighted by Gasteiger charge is -2.32. The molecule has 1 atom stereocenters. The molecule has 1 saturated heterocycles. The highest BCUT2D eigenvalue weighted by molar-refractivity contribution is 7.09. The monoisotopic (exact) mass is 344 g/mol. The van der Waals surface area contributed by atoms with Crippen molar-refractivity contribution in [2.24, 2.45) is 5.92 Å². The van der Waals surface area contributed by atoms with Crippen LogP contribution in [0.5, 0.6) is 0 Å². The molecule has 5 heteroatoms. The Balaban J connectivity index is 1.39. The van der Waals surface area contributed by atoms with Crippen molar-refractivity contribution in [1.29, 1.82) is 0 Å². The van der Waals surface area contributed by atoms with E-state index in [9.17, 15) is 4.79 Å². The first-order chi connectivity index (χ1) is 11.8. The van der Waals surface area contributed by atoms with Crippen molar-refractivity contribution in [1.82, 2.24) is 10.2 Å². The number of likely N-dealkylation sites (tertiary alicyclic amines) is 1. The molecule has 1 fully saturated rings. The van der Waals surface area contributed by atoms with E-state index in [0.29, 0.717) is 25.7 Å². The lowest BCUT2D eigenvalue weighted by molar-refractivity contribution is 0.0591. The number of nitrogens with zero attached hydrogens (tertiary/aromatic N) is 1. The summed E-state index contributed by atoms with van der Waals surface area (Å²) in [5.41, 5.74) is 1.19. The molecule has 0 bridgehead atoms. The zero-order chi connectivity index (χ0) is 16.6. The van der Waals surface area contributed by atoms with Gasteiger partial charge >= 0.3 is 6.03 Å². The fraction of sp³-hybridized carbons (Fsp3) is 0.421. The van der Waals surface area contributed by atoms with Gasteiger partial charge in [0, 0.05) is 23.9 Å². The molecule has 1 aliphatic heterocycles. The van der Waals surface area contributed by atoms with E-state index in [4.69, 9.17) is 4.74 Å². The molecule has 1 aromatic heterocycles. The number of nitrogens with one attached hydrogen (secondary N) is 1. The van der Waals surface area contributed by atoms with E-state index < -0.39 is 0 Å². The number of ether oxygens (including phenoxy) is 1. The number of piperidine rings is 1. The van der Waals surface area contributed by atoms with Crippen LogP contribution >= 0.6 is 11.3 Å². The smallest absolute Gasteiger partial charge is 0.317 e. The number of rotatable bonds is 6. The average Bonchev–Trinajstić information content (AvgIpc) is 3.14. The van der Waals surface area contributed by atoms with Gasteiger partial charge in [0.2, 0.25) is 0 Å². The SMILES string of the molecule is O=C(NCc1cccs1)N1CCC[C@@H](COCc2ccccc2)C1. The summed E-state index contributed by atoms with van der Waals surface area (Å²) in [6.07, 6.45) is 2.18. The summed E-state index contributed by atoms with van der Waals surface area (Å²) in [4.78, 5) is 15.4. The molecule has 0 spiro atoms. The second-order valence-corrected chi connectivity index (χ2v) is 7.23. The van der Waals surface area contributed by atoms with Gasteiger partial charge in [-0.05, 0) is 29.9 Å². The van der Waals surface area contributed by atoms with E-state index in [2.05, 4.69) is 17.4 Å². The number of hydrogen-bond donors (Lipinski definition) is 1. The molecule has 1 aliphatic rings. The molecule has 2 heterocycles. The van der Waals surface area contributed by atoms with Crippen molar-refractivity contribution in [3.63, 3.8) is 0 Å². The third-order valence-electron chi connectivity index (χ3n) is 4.27. The first-order valence-corrected chi connectivity index (χ1v) is 9.36. The minimum Gasteiger partial charge on any atom is -0.376 e. The van der Waals surface area contributed by atoms with Crippen LogP contribution in [0, 0.1) is 5.92 Å². The van der Waals surface area contributed by atoms with Crippen molar-refractivity contribution >= 4 is 17.4 Å². The average molecular weight is 344 g/mol. The van der Waals surface area contributed by atoms with Gasteiger partial charge in [-0.25, -0.2) is 4.79 Å². The molecule has 2 amide bonds. The van der Waals surface area contributed by atoms with Crippen molar-refractivity contribution in [2.45, 2.75) is 26.0 Å². The maximum absolute atomic E-state index is 12.3. The summed E-state index contributed by atoms with van der Waals surface area (Å²) in [7, 11) is 0. The van der Waals surface area contributed by atoms with E-state index in [1.54, 1.807) is 11.3 Å². The molecular formula is C19H24N2O2S. The summed E-state index contributed by atoms with van der Waals surface area (Å²) in [5, 5.41) is 5.04. The molecule has 2 aromatic rings. The molecule has 0 saturated carbocycles. The number of carbonyl (C=O) groups is 1. The third-order valence-corrected chi connectivity index (χ3v) is 5.14. The van der Waals surface area contributed by atoms with E-state index in [0.717, 1.165) is 25.9 Å². The Morgan fingerprint density at radius 2 is 2.12 bits per heavy atom. The van der Waals surface area contributed by atoms with E-state index >= 15 is 0 Å². The molecule has 3 rings (SSSR count). The zero-order valence-electron chi connectivity index (χ0n) is 13.8. The van der Waals surface area contributed by atoms with Crippen molar-refractivity contribution < 1.29 is 9.53 Å². The van der Waals surface area contributed by atoms with Crippen LogP contribution in [-0.2, 0) is 17.9 Å². The van der Waals surface area contributed by atoms with Crippen LogP contribution in [0.25, 0.3) is 0 Å². The van der Waals surface area contributed by atoms with Gasteiger partial charge in [-0.3, -0.25) is 0 Å². The molecular weight excluding hydrogens is 320 g/mol. The molecule has 0 radical (unpaired) electrons. The van der Waals surface area contributed by atoms with Crippen molar-refractivity contribution in [3.05, 3.63) is 58.3 Å². The maximum Gasteiger partial charge on any atom is 0.317 e. The first kappa shape index (κ1) is 17.0. The van der Waals surface area contributed by atoms with Gasteiger partial charge in [0.15, 0.2) is 0 Å². The Hall–Kier alpha value is -1.85. The van der Waals surface area contributed by atoms with Crippen LogP contribution < -0.4 is 5.32 Å². The highest BCUT2D eigenvalue weighted by Crippen LogP contribution is 2.18. The quantitative estimate of drug-likeness (QED) is 0.864. The Kier molecular flexibility index (Phi) is 6.26. The number of benzene rings is 1. The van der Waals surface area contributed by atoms with Crippen LogP contribution in [-0.4, -0.2) is 30.6 Å². The Bertz CT molecular complexity index is 616. The predicted octanol–water partition coefficient (Wildman–Crippen LogP) is 3.89. The van der Waals surface area contributed by atoms with E-state index in [-0.39, 0.29) is 6.03 Å². The van der Waals surface area contributed by atoms with Gasteiger partial charge < -0.3 is 15.0 Å². The lowest BCUT2D eigenvalue weighted by atomic mass is 9.99. The fourth-order valence-corrected chi connectivity index (χ4v) is 3.64. The summed E-state index contributed by atoms with van der Waals surface area (Å²) in [6, 6.07) is 14.3. The zero-order valence-corrected chi connectivity index (χ0v) is 14.6. The van der Waals surface area contributed by atoms with Gasteiger partial charge in [-0.2, -0.15) is 0 Å². The molecule has 4 nitrogen and oxygen atoms in total. The summed E-state index contributed by atoms with van der Waals surface area (Å²) in [6.45, 7) is 3.59. The molecule has 0 unspecified atom stereocenters. The molecule has 24 heavy (non-hydrogen) atoms. The third kappa shape index (κ3) is 5.08. The van der Waals surface area contributed by atoms with Crippen molar-refractivity contribution in [2.75, 3.05) is 19.7 Å². The fourth-order valence-electron chi connectivity index (χ4n) is 2.99. The molecule has 128 valence electrons. The Morgan fingerprint density at radius 1 is 1.25 bits per heavy atom. The number of amides is 2. The number of carbonyl (C=O) groups excluding carboxylic acids is 1. The van der Waals surface area contributed by atoms with Gasteiger partial charge in [0.1, 0.15) is 0 Å². The number of thiophene rings is 1. The van der Waals surface area contributed by atoms with Crippen LogP contribution in [0.4, 0.5) is 4.79 Å². The van der Waals surface area contributed by atoms with Gasteiger partial charge in [0.25, 0.3) is 0 Å². The highest BCUT2D eigenvalue weighted by atomic mass is 32.1. The summed E-state index contributed by atoms with van der Waals surface area (Å²) >= 11 is 1.67. The number of urea groups is 1. The number of hydrogen-bond acceptors (Lipinski definition) is 3. The van der Waals surface area contributed by atoms with Crippen LogP contribution in [0.2, 0.25) is 0 Å². The second kappa shape index (κ2) is 8.85. The summed E-state index contributed by atoms with van der Waals surface area (Å²) < 4.78 is 5.85. The van der Waals surface area contributed by atoms with Crippen molar-refractivity contribution in [3.8, 4) is 0 Å². The van der Waals surface area contributed by atoms with E-state index in [1.165, 1.54) is 10.4 Å². The standard InChI is InChI=1S/C19H24N2O2S/c22-19(20-12-18-9-5-11-24-18)21-10-4-8-17(13-21)15-23-14-16-6-2-1-3-7-16/h1-3,5-7,9,11,17H,4,8,10,12-15H2,(H,20,22)/t17-/m1/s1. The molecule has 1 N–H and O–H groups in total. The lowest BCUT2D eigenvalue weighted by Crippen LogP contribution is -2.46. The van der Waals surface area contributed by atoms with Gasteiger partial charge in [0.05, 0.1) is 19.8 Å². The minimum atomic E-state index is 0.0381. The first-order valence-electron chi connectivity index (χ1n) is 8.48. The maximum atomic E-state index is 12.3. The second-order valence-electron chi connectivity index (χ2n) is 6.19.